The molecule has 0 aliphatic carbocycles. The maximum Gasteiger partial charge on any atom is 0.251 e. The number of carbonyl (C=O) groups is 2. The Kier molecular flexibility index (Phi) is 5.86. The zero-order valence-electron chi connectivity index (χ0n) is 15.2. The van der Waals surface area contributed by atoms with Crippen molar-refractivity contribution in [2.45, 2.75) is 24.4 Å². The van der Waals surface area contributed by atoms with Gasteiger partial charge < -0.3 is 16.4 Å². The van der Waals surface area contributed by atoms with E-state index in [0.717, 1.165) is 18.7 Å². The second-order valence-corrected chi connectivity index (χ2v) is 7.21. The molecule has 0 unspecified atom stereocenters. The minimum Gasteiger partial charge on any atom is -0.368 e. The van der Waals surface area contributed by atoms with Crippen LogP contribution in [0, 0.1) is 5.92 Å². The molecule has 4 N–H and O–H groups in total. The number of rotatable bonds is 4. The Morgan fingerprint density at radius 3 is 2.57 bits per heavy atom. The number of nitrogens with two attached hydrogens (primary N) is 1. The molecule has 0 saturated carbocycles. The first-order chi connectivity index (χ1) is 13.1. The predicted molar refractivity (Wildman–Crippen MR) is 107 cm³/mol. The summed E-state index contributed by atoms with van der Waals surface area (Å²) >= 11 is 0. The van der Waals surface area contributed by atoms with Crippen LogP contribution in [0.2, 0.25) is 0 Å². The SMILES string of the molecule is Cl.NC(=O)[C@@H](NC(=O)[C@H]1[C@@H]2CNC[C@@H](C2)c2cccc(=O)n21)c1ccccc1. The number of halogens is 1. The van der Waals surface area contributed by atoms with Crippen LogP contribution < -0.4 is 21.9 Å². The summed E-state index contributed by atoms with van der Waals surface area (Å²) in [6.45, 7) is 1.45. The molecule has 2 amide bonds. The molecular weight excluding hydrogens is 380 g/mol. The minimum absolute atomic E-state index is 0. The lowest BCUT2D eigenvalue weighted by atomic mass is 9.79. The van der Waals surface area contributed by atoms with E-state index in [0.29, 0.717) is 12.1 Å². The highest BCUT2D eigenvalue weighted by Gasteiger charge is 2.42. The van der Waals surface area contributed by atoms with E-state index in [1.807, 2.05) is 12.1 Å². The standard InChI is InChI=1S/C20H22N4O3.ClH/c21-19(26)17(12-5-2-1-3-6-12)23-20(27)18-14-9-13(10-22-11-14)15-7-4-8-16(25)24(15)18;/h1-8,13-14,17-18,22H,9-11H2,(H2,21,26)(H,23,27);1H/t13-,14+,17+,18-;/m1./s1. The molecule has 2 aliphatic heterocycles. The average molecular weight is 403 g/mol. The van der Waals surface area contributed by atoms with E-state index in [2.05, 4.69) is 10.6 Å². The number of piperidine rings is 1. The zero-order chi connectivity index (χ0) is 19.0. The van der Waals surface area contributed by atoms with Gasteiger partial charge in [-0.25, -0.2) is 0 Å². The summed E-state index contributed by atoms with van der Waals surface area (Å²) in [7, 11) is 0. The van der Waals surface area contributed by atoms with Crippen molar-refractivity contribution in [2.24, 2.45) is 11.7 Å². The highest BCUT2D eigenvalue weighted by atomic mass is 35.5. The van der Waals surface area contributed by atoms with E-state index >= 15 is 0 Å². The summed E-state index contributed by atoms with van der Waals surface area (Å²) in [6, 6.07) is 12.4. The summed E-state index contributed by atoms with van der Waals surface area (Å²) in [5.74, 6) is -0.793. The number of hydrogen-bond acceptors (Lipinski definition) is 4. The van der Waals surface area contributed by atoms with Crippen LogP contribution in [-0.2, 0) is 9.59 Å². The number of nitrogens with zero attached hydrogens (tertiary/aromatic N) is 1. The van der Waals surface area contributed by atoms with Crippen molar-refractivity contribution in [3.05, 3.63) is 70.1 Å². The van der Waals surface area contributed by atoms with Crippen LogP contribution >= 0.6 is 12.4 Å². The number of benzene rings is 1. The van der Waals surface area contributed by atoms with Crippen molar-refractivity contribution >= 4 is 24.2 Å². The van der Waals surface area contributed by atoms with Crippen LogP contribution in [0.1, 0.15) is 35.7 Å². The average Bonchev–Trinajstić information content (AvgIpc) is 2.67. The van der Waals surface area contributed by atoms with E-state index in [1.165, 1.54) is 6.07 Å². The molecular formula is C20H23ClN4O3. The highest BCUT2D eigenvalue weighted by molar-refractivity contribution is 5.89. The monoisotopic (exact) mass is 402 g/mol. The number of pyridine rings is 1. The fourth-order valence-electron chi connectivity index (χ4n) is 4.32. The highest BCUT2D eigenvalue weighted by Crippen LogP contribution is 2.38. The molecule has 2 bridgehead atoms. The van der Waals surface area contributed by atoms with Gasteiger partial charge in [-0.2, -0.15) is 0 Å². The van der Waals surface area contributed by atoms with Gasteiger partial charge in [0.05, 0.1) is 0 Å². The maximum absolute atomic E-state index is 13.2. The van der Waals surface area contributed by atoms with Crippen LogP contribution in [0.5, 0.6) is 0 Å². The lowest BCUT2D eigenvalue weighted by Gasteiger charge is -2.42. The van der Waals surface area contributed by atoms with E-state index in [9.17, 15) is 14.4 Å². The zero-order valence-corrected chi connectivity index (χ0v) is 16.0. The van der Waals surface area contributed by atoms with Crippen molar-refractivity contribution in [1.82, 2.24) is 15.2 Å². The second-order valence-electron chi connectivity index (χ2n) is 7.21. The van der Waals surface area contributed by atoms with Crippen molar-refractivity contribution < 1.29 is 9.59 Å². The summed E-state index contributed by atoms with van der Waals surface area (Å²) < 4.78 is 1.60. The molecule has 1 aromatic heterocycles. The first kappa shape index (κ1) is 20.1. The fourth-order valence-corrected chi connectivity index (χ4v) is 4.32. The number of aromatic nitrogens is 1. The van der Waals surface area contributed by atoms with Gasteiger partial charge in [-0.15, -0.1) is 12.4 Å². The third kappa shape index (κ3) is 3.55. The number of hydrogen-bond donors (Lipinski definition) is 3. The number of amides is 2. The first-order valence-electron chi connectivity index (χ1n) is 9.13. The van der Waals surface area contributed by atoms with Crippen LogP contribution in [0.3, 0.4) is 0 Å². The Labute approximate surface area is 168 Å². The quantitative estimate of drug-likeness (QED) is 0.705. The molecule has 1 aromatic carbocycles. The number of carbonyl (C=O) groups excluding carboxylic acids is 2. The van der Waals surface area contributed by atoms with Gasteiger partial charge in [-0.05, 0) is 18.1 Å². The molecule has 0 spiro atoms. The van der Waals surface area contributed by atoms with E-state index in [1.54, 1.807) is 34.9 Å². The van der Waals surface area contributed by atoms with Crippen molar-refractivity contribution in [3.8, 4) is 0 Å². The third-order valence-corrected chi connectivity index (χ3v) is 5.52. The van der Waals surface area contributed by atoms with Crippen LogP contribution in [-0.4, -0.2) is 29.5 Å². The van der Waals surface area contributed by atoms with E-state index in [4.69, 9.17) is 5.73 Å². The molecule has 7 nitrogen and oxygen atoms in total. The van der Waals surface area contributed by atoms with Gasteiger partial charge in [0.2, 0.25) is 11.8 Å². The minimum atomic E-state index is -0.934. The summed E-state index contributed by atoms with van der Waals surface area (Å²) in [5.41, 5.74) is 6.82. The Balaban J connectivity index is 0.00000225. The summed E-state index contributed by atoms with van der Waals surface area (Å²) in [6.07, 6.45) is 0.834. The Morgan fingerprint density at radius 1 is 1.11 bits per heavy atom. The molecule has 1 saturated heterocycles. The number of primary amides is 1. The molecule has 148 valence electrons. The van der Waals surface area contributed by atoms with Gasteiger partial charge >= 0.3 is 0 Å². The van der Waals surface area contributed by atoms with Crippen molar-refractivity contribution in [2.75, 3.05) is 13.1 Å². The smallest absolute Gasteiger partial charge is 0.251 e. The van der Waals surface area contributed by atoms with E-state index < -0.39 is 18.0 Å². The van der Waals surface area contributed by atoms with Crippen LogP contribution in [0.25, 0.3) is 0 Å². The largest absolute Gasteiger partial charge is 0.368 e. The Morgan fingerprint density at radius 2 is 1.86 bits per heavy atom. The van der Waals surface area contributed by atoms with Gasteiger partial charge in [-0.3, -0.25) is 19.0 Å². The summed E-state index contributed by atoms with van der Waals surface area (Å²) in [4.78, 5) is 37.7. The van der Waals surface area contributed by atoms with E-state index in [-0.39, 0.29) is 35.7 Å². The van der Waals surface area contributed by atoms with Gasteiger partial charge in [-0.1, -0.05) is 36.4 Å². The lowest BCUT2D eigenvalue weighted by Crippen LogP contribution is -2.53. The van der Waals surface area contributed by atoms with Gasteiger partial charge in [0.25, 0.3) is 5.56 Å². The topological polar surface area (TPSA) is 106 Å². The van der Waals surface area contributed by atoms with Gasteiger partial charge in [0.1, 0.15) is 12.1 Å². The molecule has 2 aliphatic rings. The third-order valence-electron chi connectivity index (χ3n) is 5.52. The molecule has 2 aromatic rings. The lowest BCUT2D eigenvalue weighted by molar-refractivity contribution is -0.131. The number of nitrogens with one attached hydrogen (secondary N) is 2. The molecule has 4 rings (SSSR count). The Bertz CT molecular complexity index is 931. The fraction of sp³-hybridized carbons (Fsp3) is 0.350. The molecule has 28 heavy (non-hydrogen) atoms. The maximum atomic E-state index is 13.2. The Hall–Kier alpha value is -2.64. The number of fused-ring (bicyclic) bond motifs is 4. The molecule has 4 atom stereocenters. The normalized spacial score (nSPS) is 23.6. The molecule has 8 heteroatoms. The second kappa shape index (κ2) is 8.16. The van der Waals surface area contributed by atoms with Gasteiger partial charge in [0, 0.05) is 36.7 Å². The summed E-state index contributed by atoms with van der Waals surface area (Å²) in [5, 5.41) is 6.13. The predicted octanol–water partition coefficient (Wildman–Crippen LogP) is 0.861. The van der Waals surface area contributed by atoms with Gasteiger partial charge in [0.15, 0.2) is 0 Å². The van der Waals surface area contributed by atoms with Crippen molar-refractivity contribution in [3.63, 3.8) is 0 Å². The van der Waals surface area contributed by atoms with Crippen molar-refractivity contribution in [1.29, 1.82) is 0 Å². The van der Waals surface area contributed by atoms with Crippen LogP contribution in [0.15, 0.2) is 53.3 Å². The molecule has 1 fully saturated rings. The molecule has 0 radical (unpaired) electrons. The van der Waals surface area contributed by atoms with Crippen LogP contribution in [0.4, 0.5) is 0 Å². The first-order valence-corrected chi connectivity index (χ1v) is 9.13. The molecule has 3 heterocycles.